The van der Waals surface area contributed by atoms with Crippen LogP contribution in [0, 0.1) is 0 Å². The predicted molar refractivity (Wildman–Crippen MR) is 61.2 cm³/mol. The van der Waals surface area contributed by atoms with E-state index in [1.807, 2.05) is 0 Å². The third-order valence-corrected chi connectivity index (χ3v) is 4.83. The maximum Gasteiger partial charge on any atom is 0.00843 e. The number of thioether (sulfide) groups is 1. The Hall–Kier alpha value is 0.0900. The molecule has 0 spiro atoms. The lowest BCUT2D eigenvalue weighted by atomic mass is 10.0. The fourth-order valence-electron chi connectivity index (χ4n) is 2.36. The Kier molecular flexibility index (Phi) is 3.77. The van der Waals surface area contributed by atoms with Gasteiger partial charge in [-0.25, -0.2) is 0 Å². The molecule has 2 rings (SSSR count). The van der Waals surface area contributed by atoms with E-state index in [9.17, 15) is 0 Å². The van der Waals surface area contributed by atoms with E-state index in [1.54, 1.807) is 0 Å². The fourth-order valence-corrected chi connectivity index (χ4v) is 4.01. The second kappa shape index (κ2) is 5.09. The van der Waals surface area contributed by atoms with Crippen molar-refractivity contribution in [1.29, 1.82) is 0 Å². The standard InChI is InChI=1S/C12H20S/c1-3-7-11-9-5-2-6-10-12(13-11)8-4-1/h1,3,11-12H,2,4-10H2. The van der Waals surface area contributed by atoms with Gasteiger partial charge in [0, 0.05) is 10.5 Å². The third kappa shape index (κ3) is 3.05. The first-order chi connectivity index (χ1) is 6.45. The molecule has 2 aliphatic rings. The minimum absolute atomic E-state index is 0.946. The SMILES string of the molecule is C1=CCC2CCCCCC(CC1)S2. The summed E-state index contributed by atoms with van der Waals surface area (Å²) in [5.41, 5.74) is 0. The number of rotatable bonds is 0. The maximum atomic E-state index is 2.41. The van der Waals surface area contributed by atoms with E-state index < -0.39 is 0 Å². The Morgan fingerprint density at radius 1 is 0.846 bits per heavy atom. The predicted octanol–water partition coefficient (Wildman–Crippen LogP) is 4.16. The minimum atomic E-state index is 0.946. The van der Waals surface area contributed by atoms with Crippen LogP contribution >= 0.6 is 11.8 Å². The van der Waals surface area contributed by atoms with Gasteiger partial charge in [-0.2, -0.15) is 11.8 Å². The molecule has 0 aliphatic carbocycles. The average molecular weight is 196 g/mol. The van der Waals surface area contributed by atoms with Crippen molar-refractivity contribution in [2.24, 2.45) is 0 Å². The molecule has 2 unspecified atom stereocenters. The maximum absolute atomic E-state index is 2.41. The first kappa shape index (κ1) is 9.64. The highest BCUT2D eigenvalue weighted by Gasteiger charge is 2.19. The van der Waals surface area contributed by atoms with E-state index in [0.29, 0.717) is 0 Å². The van der Waals surface area contributed by atoms with Crippen LogP contribution in [0.3, 0.4) is 0 Å². The summed E-state index contributed by atoms with van der Waals surface area (Å²) in [5.74, 6) is 0. The zero-order valence-corrected chi connectivity index (χ0v) is 9.19. The van der Waals surface area contributed by atoms with Gasteiger partial charge in [-0.15, -0.1) is 0 Å². The summed E-state index contributed by atoms with van der Waals surface area (Å²) in [7, 11) is 0. The Balaban J connectivity index is 1.96. The average Bonchev–Trinajstić information content (AvgIpc) is 2.00. The van der Waals surface area contributed by atoms with Crippen LogP contribution in [0.5, 0.6) is 0 Å². The van der Waals surface area contributed by atoms with Gasteiger partial charge in [0.15, 0.2) is 0 Å². The summed E-state index contributed by atoms with van der Waals surface area (Å²) >= 11 is 2.29. The number of hydrogen-bond acceptors (Lipinski definition) is 1. The van der Waals surface area contributed by atoms with Gasteiger partial charge in [0.2, 0.25) is 0 Å². The highest BCUT2D eigenvalue weighted by Crippen LogP contribution is 2.35. The quantitative estimate of drug-likeness (QED) is 0.524. The Morgan fingerprint density at radius 2 is 1.69 bits per heavy atom. The summed E-state index contributed by atoms with van der Waals surface area (Å²) in [5, 5.41) is 1.93. The topological polar surface area (TPSA) is 0 Å². The molecule has 0 aromatic rings. The minimum Gasteiger partial charge on any atom is -0.155 e. The Bertz CT molecular complexity index is 174. The molecule has 0 saturated carbocycles. The molecule has 13 heavy (non-hydrogen) atoms. The molecule has 2 aliphatic heterocycles. The first-order valence-corrected chi connectivity index (χ1v) is 6.70. The number of allylic oxidation sites excluding steroid dienone is 2. The van der Waals surface area contributed by atoms with Crippen LogP contribution in [-0.2, 0) is 0 Å². The van der Waals surface area contributed by atoms with Crippen molar-refractivity contribution in [2.75, 3.05) is 0 Å². The highest BCUT2D eigenvalue weighted by molar-refractivity contribution is 8.00. The van der Waals surface area contributed by atoms with Gasteiger partial charge in [0.25, 0.3) is 0 Å². The van der Waals surface area contributed by atoms with Crippen molar-refractivity contribution in [3.05, 3.63) is 12.2 Å². The van der Waals surface area contributed by atoms with Crippen LogP contribution in [0.1, 0.15) is 51.4 Å². The lowest BCUT2D eigenvalue weighted by Gasteiger charge is -2.26. The van der Waals surface area contributed by atoms with Crippen molar-refractivity contribution >= 4 is 11.8 Å². The van der Waals surface area contributed by atoms with Gasteiger partial charge < -0.3 is 0 Å². The lowest BCUT2D eigenvalue weighted by Crippen LogP contribution is -2.14. The normalized spacial score (nSPS) is 35.7. The van der Waals surface area contributed by atoms with Crippen molar-refractivity contribution in [2.45, 2.75) is 61.9 Å². The van der Waals surface area contributed by atoms with Crippen molar-refractivity contribution < 1.29 is 0 Å². The third-order valence-electron chi connectivity index (χ3n) is 3.16. The summed E-state index contributed by atoms with van der Waals surface area (Å²) in [6.45, 7) is 0. The molecule has 2 bridgehead atoms. The molecule has 0 radical (unpaired) electrons. The molecule has 2 atom stereocenters. The van der Waals surface area contributed by atoms with Gasteiger partial charge in [0.05, 0.1) is 0 Å². The number of hydrogen-bond donors (Lipinski definition) is 0. The smallest absolute Gasteiger partial charge is 0.00843 e. The van der Waals surface area contributed by atoms with Crippen LogP contribution < -0.4 is 0 Å². The van der Waals surface area contributed by atoms with Gasteiger partial charge in [0.1, 0.15) is 0 Å². The second-order valence-electron chi connectivity index (χ2n) is 4.30. The molecule has 0 aromatic heterocycles. The van der Waals surface area contributed by atoms with E-state index in [1.165, 1.54) is 51.4 Å². The van der Waals surface area contributed by atoms with Crippen LogP contribution in [-0.4, -0.2) is 10.5 Å². The summed E-state index contributed by atoms with van der Waals surface area (Å²) in [6, 6.07) is 0. The van der Waals surface area contributed by atoms with E-state index in [0.717, 1.165) is 10.5 Å². The van der Waals surface area contributed by atoms with Gasteiger partial charge in [-0.1, -0.05) is 31.4 Å². The van der Waals surface area contributed by atoms with Crippen LogP contribution in [0.4, 0.5) is 0 Å². The lowest BCUT2D eigenvalue weighted by molar-refractivity contribution is 0.557. The molecular formula is C12H20S. The molecule has 0 nitrogen and oxygen atoms in total. The zero-order valence-electron chi connectivity index (χ0n) is 8.37. The molecule has 1 heteroatoms. The van der Waals surface area contributed by atoms with E-state index in [2.05, 4.69) is 23.9 Å². The van der Waals surface area contributed by atoms with Gasteiger partial charge >= 0.3 is 0 Å². The fraction of sp³-hybridized carbons (Fsp3) is 0.833. The van der Waals surface area contributed by atoms with Crippen molar-refractivity contribution in [3.63, 3.8) is 0 Å². The van der Waals surface area contributed by atoms with Crippen LogP contribution in [0.15, 0.2) is 12.2 Å². The zero-order chi connectivity index (χ0) is 8.93. The molecule has 74 valence electrons. The monoisotopic (exact) mass is 196 g/mol. The van der Waals surface area contributed by atoms with E-state index in [-0.39, 0.29) is 0 Å². The Labute approximate surface area is 86.2 Å². The summed E-state index contributed by atoms with van der Waals surface area (Å²) < 4.78 is 0. The summed E-state index contributed by atoms with van der Waals surface area (Å²) in [6.07, 6.45) is 16.3. The molecule has 0 amide bonds. The first-order valence-electron chi connectivity index (χ1n) is 5.75. The second-order valence-corrected chi connectivity index (χ2v) is 5.91. The largest absolute Gasteiger partial charge is 0.155 e. The van der Waals surface area contributed by atoms with Crippen LogP contribution in [0.2, 0.25) is 0 Å². The van der Waals surface area contributed by atoms with Crippen molar-refractivity contribution in [1.82, 2.24) is 0 Å². The van der Waals surface area contributed by atoms with E-state index in [4.69, 9.17) is 0 Å². The molecule has 1 saturated heterocycles. The summed E-state index contributed by atoms with van der Waals surface area (Å²) in [4.78, 5) is 0. The number of fused-ring (bicyclic) bond motifs is 2. The molecule has 0 aromatic carbocycles. The molecule has 0 N–H and O–H groups in total. The van der Waals surface area contributed by atoms with E-state index >= 15 is 0 Å². The van der Waals surface area contributed by atoms with Gasteiger partial charge in [-0.3, -0.25) is 0 Å². The van der Waals surface area contributed by atoms with Crippen molar-refractivity contribution in [3.8, 4) is 0 Å². The Morgan fingerprint density at radius 3 is 2.62 bits per heavy atom. The molecular weight excluding hydrogens is 176 g/mol. The highest BCUT2D eigenvalue weighted by atomic mass is 32.2. The van der Waals surface area contributed by atoms with Gasteiger partial charge in [-0.05, 0) is 32.1 Å². The molecule has 2 heterocycles. The molecule has 1 fully saturated rings. The van der Waals surface area contributed by atoms with Crippen LogP contribution in [0.25, 0.3) is 0 Å².